The van der Waals surface area contributed by atoms with Crippen LogP contribution in [0.3, 0.4) is 0 Å². The first kappa shape index (κ1) is 17.8. The summed E-state index contributed by atoms with van der Waals surface area (Å²) in [6.07, 6.45) is 2.39. The van der Waals surface area contributed by atoms with E-state index in [4.69, 9.17) is 4.74 Å². The Kier molecular flexibility index (Phi) is 5.95. The fourth-order valence-electron chi connectivity index (χ4n) is 3.54. The fraction of sp³-hybridized carbons (Fsp3) is 0.429. The monoisotopic (exact) mass is 339 g/mol. The van der Waals surface area contributed by atoms with Gasteiger partial charge in [0.25, 0.3) is 0 Å². The van der Waals surface area contributed by atoms with E-state index in [0.29, 0.717) is 12.1 Å². The highest BCUT2D eigenvalue weighted by Gasteiger charge is 2.25. The summed E-state index contributed by atoms with van der Waals surface area (Å²) in [4.78, 5) is 2.12. The molecule has 2 N–H and O–H groups in total. The summed E-state index contributed by atoms with van der Waals surface area (Å²) in [7, 11) is 5.87. The van der Waals surface area contributed by atoms with Gasteiger partial charge in [0.1, 0.15) is 5.75 Å². The maximum Gasteiger partial charge on any atom is 0.123 e. The van der Waals surface area contributed by atoms with Crippen LogP contribution in [0.4, 0.5) is 5.69 Å². The van der Waals surface area contributed by atoms with E-state index >= 15 is 0 Å². The van der Waals surface area contributed by atoms with Gasteiger partial charge in [-0.1, -0.05) is 30.3 Å². The Morgan fingerprint density at radius 2 is 1.96 bits per heavy atom. The molecule has 0 aliphatic carbocycles. The minimum atomic E-state index is 0.359. The highest BCUT2D eigenvalue weighted by molar-refractivity contribution is 5.52. The van der Waals surface area contributed by atoms with Crippen molar-refractivity contribution in [2.45, 2.75) is 31.5 Å². The lowest BCUT2D eigenvalue weighted by molar-refractivity contribution is 0.303. The molecule has 1 aliphatic rings. The Morgan fingerprint density at radius 1 is 1.16 bits per heavy atom. The highest BCUT2D eigenvalue weighted by Crippen LogP contribution is 2.27. The van der Waals surface area contributed by atoms with Crippen molar-refractivity contribution in [2.24, 2.45) is 0 Å². The first-order valence-electron chi connectivity index (χ1n) is 9.05. The second-order valence-corrected chi connectivity index (χ2v) is 6.86. The third-order valence-corrected chi connectivity index (χ3v) is 4.95. The molecule has 1 aliphatic heterocycles. The molecule has 4 heteroatoms. The number of methoxy groups -OCH3 is 1. The van der Waals surface area contributed by atoms with E-state index in [-0.39, 0.29) is 0 Å². The minimum Gasteiger partial charge on any atom is -0.496 e. The second-order valence-electron chi connectivity index (χ2n) is 6.86. The molecule has 1 heterocycles. The summed E-state index contributed by atoms with van der Waals surface area (Å²) in [5.74, 6) is 0.943. The lowest BCUT2D eigenvalue weighted by atomic mass is 9.92. The number of nitrogens with one attached hydrogen (secondary N) is 2. The Bertz CT molecular complexity index is 672. The van der Waals surface area contributed by atoms with Crippen LogP contribution in [0.15, 0.2) is 48.5 Å². The van der Waals surface area contributed by atoms with Gasteiger partial charge in [0.2, 0.25) is 0 Å². The number of nitrogens with zero attached hydrogens (tertiary/aromatic N) is 1. The van der Waals surface area contributed by atoms with Crippen LogP contribution >= 0.6 is 0 Å². The quantitative estimate of drug-likeness (QED) is 0.846. The fourth-order valence-corrected chi connectivity index (χ4v) is 3.54. The van der Waals surface area contributed by atoms with E-state index in [1.807, 2.05) is 0 Å². The van der Waals surface area contributed by atoms with Gasteiger partial charge in [-0.15, -0.1) is 0 Å². The molecule has 0 unspecified atom stereocenters. The van der Waals surface area contributed by atoms with Gasteiger partial charge in [0.05, 0.1) is 7.11 Å². The maximum atomic E-state index is 5.56. The average Bonchev–Trinajstić information content (AvgIpc) is 2.67. The summed E-state index contributed by atoms with van der Waals surface area (Å²) in [5, 5.41) is 7.44. The summed E-state index contributed by atoms with van der Waals surface area (Å²) < 4.78 is 5.56. The zero-order valence-electron chi connectivity index (χ0n) is 15.5. The van der Waals surface area contributed by atoms with Gasteiger partial charge in [0.15, 0.2) is 0 Å². The van der Waals surface area contributed by atoms with Crippen molar-refractivity contribution in [1.29, 1.82) is 0 Å². The first-order chi connectivity index (χ1) is 12.2. The van der Waals surface area contributed by atoms with Crippen LogP contribution in [0.5, 0.6) is 5.75 Å². The number of anilines is 1. The Balaban J connectivity index is 1.74. The number of rotatable bonds is 6. The average molecular weight is 339 g/mol. The molecule has 2 atom stereocenters. The van der Waals surface area contributed by atoms with Crippen molar-refractivity contribution in [2.75, 3.05) is 32.6 Å². The zero-order valence-corrected chi connectivity index (χ0v) is 15.5. The largest absolute Gasteiger partial charge is 0.496 e. The molecule has 3 rings (SSSR count). The van der Waals surface area contributed by atoms with Crippen molar-refractivity contribution in [3.63, 3.8) is 0 Å². The van der Waals surface area contributed by atoms with E-state index in [9.17, 15) is 0 Å². The van der Waals surface area contributed by atoms with Gasteiger partial charge in [0, 0.05) is 44.0 Å². The zero-order chi connectivity index (χ0) is 17.6. The molecule has 25 heavy (non-hydrogen) atoms. The number of ether oxygens (including phenoxy) is 1. The second kappa shape index (κ2) is 8.37. The van der Waals surface area contributed by atoms with Crippen molar-refractivity contribution >= 4 is 5.69 Å². The van der Waals surface area contributed by atoms with Crippen LogP contribution in [0.25, 0.3) is 0 Å². The van der Waals surface area contributed by atoms with E-state index < -0.39 is 0 Å². The molecule has 0 saturated carbocycles. The molecule has 0 amide bonds. The lowest BCUT2D eigenvalue weighted by Gasteiger charge is -2.34. The summed E-state index contributed by atoms with van der Waals surface area (Å²) >= 11 is 0. The molecule has 0 bridgehead atoms. The molecule has 1 fully saturated rings. The van der Waals surface area contributed by atoms with Crippen LogP contribution in [0, 0.1) is 0 Å². The summed E-state index contributed by atoms with van der Waals surface area (Å²) in [6.45, 7) is 1.89. The minimum absolute atomic E-state index is 0.359. The third-order valence-electron chi connectivity index (χ3n) is 4.95. The van der Waals surface area contributed by atoms with Gasteiger partial charge in [-0.3, -0.25) is 0 Å². The normalized spacial score (nSPS) is 20.3. The Labute approximate surface area is 151 Å². The van der Waals surface area contributed by atoms with Crippen molar-refractivity contribution in [1.82, 2.24) is 10.6 Å². The van der Waals surface area contributed by atoms with E-state index in [2.05, 4.69) is 78.2 Å². The Hall–Kier alpha value is -2.04. The van der Waals surface area contributed by atoms with Crippen LogP contribution < -0.4 is 20.3 Å². The third kappa shape index (κ3) is 4.33. The number of piperidine rings is 1. The number of benzene rings is 2. The predicted octanol–water partition coefficient (Wildman–Crippen LogP) is 3.34. The molecule has 0 radical (unpaired) electrons. The Morgan fingerprint density at radius 3 is 2.68 bits per heavy atom. The summed E-state index contributed by atoms with van der Waals surface area (Å²) in [5.41, 5.74) is 3.75. The van der Waals surface area contributed by atoms with Crippen LogP contribution in [-0.2, 0) is 6.54 Å². The van der Waals surface area contributed by atoms with Gasteiger partial charge < -0.3 is 20.3 Å². The first-order valence-corrected chi connectivity index (χ1v) is 9.05. The number of hydrogen-bond donors (Lipinski definition) is 2. The smallest absolute Gasteiger partial charge is 0.123 e. The molecular formula is C21H29N3O. The highest BCUT2D eigenvalue weighted by atomic mass is 16.5. The van der Waals surface area contributed by atoms with Crippen molar-refractivity contribution in [3.05, 3.63) is 59.7 Å². The molecule has 1 saturated heterocycles. The molecule has 2 aromatic rings. The summed E-state index contributed by atoms with van der Waals surface area (Å²) in [6, 6.07) is 17.9. The topological polar surface area (TPSA) is 36.5 Å². The van der Waals surface area contributed by atoms with Gasteiger partial charge in [-0.05, 0) is 43.1 Å². The van der Waals surface area contributed by atoms with Crippen LogP contribution in [0.1, 0.15) is 30.0 Å². The molecule has 134 valence electrons. The van der Waals surface area contributed by atoms with E-state index in [1.54, 1.807) is 7.11 Å². The van der Waals surface area contributed by atoms with Gasteiger partial charge in [-0.25, -0.2) is 0 Å². The van der Waals surface area contributed by atoms with Crippen molar-refractivity contribution in [3.8, 4) is 5.75 Å². The molecular weight excluding hydrogens is 310 g/mol. The molecule has 4 nitrogen and oxygen atoms in total. The maximum absolute atomic E-state index is 5.56. The molecule has 0 spiro atoms. The van der Waals surface area contributed by atoms with Crippen LogP contribution in [0.2, 0.25) is 0 Å². The molecule has 2 aromatic carbocycles. The SMILES string of the molecule is COc1ccc(N(C)C)cc1CN[C@H]1CCCN[C@H]1c1ccccc1. The van der Waals surface area contributed by atoms with Crippen molar-refractivity contribution < 1.29 is 4.74 Å². The van der Waals surface area contributed by atoms with Gasteiger partial charge >= 0.3 is 0 Å². The van der Waals surface area contributed by atoms with Crippen LogP contribution in [-0.4, -0.2) is 33.8 Å². The van der Waals surface area contributed by atoms with E-state index in [1.165, 1.54) is 29.7 Å². The number of hydrogen-bond acceptors (Lipinski definition) is 4. The lowest BCUT2D eigenvalue weighted by Crippen LogP contribution is -2.45. The molecule has 0 aromatic heterocycles. The predicted molar refractivity (Wildman–Crippen MR) is 104 cm³/mol. The van der Waals surface area contributed by atoms with Gasteiger partial charge in [-0.2, -0.15) is 0 Å². The standard InChI is InChI=1S/C21H29N3O/c1-24(2)18-11-12-20(25-3)17(14-18)15-23-19-10-7-13-22-21(19)16-8-5-4-6-9-16/h4-6,8-9,11-12,14,19,21-23H,7,10,13,15H2,1-3H3/t19-,21-/m0/s1. The van der Waals surface area contributed by atoms with E-state index in [0.717, 1.165) is 18.8 Å².